The number of phenolic OH excluding ortho intramolecular Hbond substituents is 1. The molecule has 3 N–H and O–H groups in total. The topological polar surface area (TPSA) is 88.9 Å². The second-order valence-corrected chi connectivity index (χ2v) is 12.7. The van der Waals surface area contributed by atoms with Crippen LogP contribution in [0.2, 0.25) is 0 Å². The average Bonchev–Trinajstić information content (AvgIpc) is 3.10. The molecule has 0 bridgehead atoms. The Kier molecular flexibility index (Phi) is 8.64. The van der Waals surface area contributed by atoms with Crippen LogP contribution in [-0.2, 0) is 17.8 Å². The highest BCUT2D eigenvalue weighted by Gasteiger charge is 2.21. The van der Waals surface area contributed by atoms with Crippen molar-refractivity contribution < 1.29 is 19.4 Å². The number of aryl methyl sites for hydroxylation is 1. The molecule has 3 aromatic carbocycles. The Hall–Kier alpha value is -4.78. The zero-order valence-corrected chi connectivity index (χ0v) is 26.3. The second kappa shape index (κ2) is 13.3. The van der Waals surface area contributed by atoms with E-state index in [-0.39, 0.29) is 18.6 Å². The predicted molar refractivity (Wildman–Crippen MR) is 185 cm³/mol. The maximum Gasteiger partial charge on any atom is 0.303 e. The fourth-order valence-corrected chi connectivity index (χ4v) is 7.01. The monoisotopic (exact) mass is 616 g/mol. The molecule has 1 aliphatic carbocycles. The summed E-state index contributed by atoms with van der Waals surface area (Å²) in [5.41, 5.74) is 8.19. The molecule has 0 radical (unpaired) electrons. The number of aromatic hydroxyl groups is 1. The molecular weight excluding hydrogens is 574 g/mol. The standard InChI is InChI=1S/C39H41N3O4/c43-35-17-12-30(23-29(35)11-18-38(44)45)40-26-27-7-9-28(10-8-27)39-33-15-13-31(41-19-3-1-4-20-41)24-36(33)46-37-25-32(14-16-34(37)39)42-21-5-2-6-22-42/h7-10,12-17,23-25,40H,1-6,11,18-22,26H2,(H-,43,44,45)/p+1. The predicted octanol–water partition coefficient (Wildman–Crippen LogP) is 7.49. The summed E-state index contributed by atoms with van der Waals surface area (Å²) in [6.07, 6.45) is 7.81. The van der Waals surface area contributed by atoms with Crippen molar-refractivity contribution in [2.45, 2.75) is 57.9 Å². The average molecular weight is 617 g/mol. The quantitative estimate of drug-likeness (QED) is 0.0952. The van der Waals surface area contributed by atoms with Gasteiger partial charge >= 0.3 is 5.97 Å². The fraction of sp³-hybridized carbons (Fsp3) is 0.333. The number of aliphatic carboxylic acids is 1. The van der Waals surface area contributed by atoms with Crippen molar-refractivity contribution in [3.8, 4) is 28.2 Å². The SMILES string of the molecule is O=C(O)CCc1cc(NCc2ccc(-c3c4ccc(=[N+]5CCCCC5)cc-4oc4cc(N5CCCCC5)ccc34)cc2)ccc1O. The van der Waals surface area contributed by atoms with Gasteiger partial charge in [0.15, 0.2) is 0 Å². The highest BCUT2D eigenvalue weighted by molar-refractivity contribution is 6.02. The van der Waals surface area contributed by atoms with Gasteiger partial charge in [-0.3, -0.25) is 4.79 Å². The Balaban J connectivity index is 1.22. The first kappa shape index (κ1) is 29.9. The third-order valence-electron chi connectivity index (χ3n) is 9.56. The number of piperidine rings is 2. The van der Waals surface area contributed by atoms with Crippen molar-refractivity contribution in [2.24, 2.45) is 0 Å². The van der Waals surface area contributed by atoms with Crippen molar-refractivity contribution in [3.05, 3.63) is 95.3 Å². The van der Waals surface area contributed by atoms with E-state index in [2.05, 4.69) is 75.5 Å². The van der Waals surface area contributed by atoms with E-state index in [4.69, 9.17) is 9.52 Å². The first-order valence-corrected chi connectivity index (χ1v) is 16.7. The molecule has 7 rings (SSSR count). The number of carbonyl (C=O) groups is 1. The summed E-state index contributed by atoms with van der Waals surface area (Å²) in [6.45, 7) is 4.97. The molecule has 0 unspecified atom stereocenters. The number of nitrogens with one attached hydrogen (secondary N) is 1. The van der Waals surface area contributed by atoms with Crippen molar-refractivity contribution in [1.82, 2.24) is 4.58 Å². The third-order valence-corrected chi connectivity index (χ3v) is 9.56. The van der Waals surface area contributed by atoms with E-state index >= 15 is 0 Å². The van der Waals surface area contributed by atoms with Crippen LogP contribution in [0.3, 0.4) is 0 Å². The van der Waals surface area contributed by atoms with E-state index in [1.807, 2.05) is 12.1 Å². The van der Waals surface area contributed by atoms with E-state index in [1.165, 1.54) is 55.1 Å². The minimum atomic E-state index is -0.879. The van der Waals surface area contributed by atoms with Crippen LogP contribution in [0.25, 0.3) is 33.4 Å². The second-order valence-electron chi connectivity index (χ2n) is 12.7. The molecule has 2 fully saturated rings. The minimum Gasteiger partial charge on any atom is -0.508 e. The molecule has 236 valence electrons. The summed E-state index contributed by atoms with van der Waals surface area (Å²) < 4.78 is 9.20. The van der Waals surface area contributed by atoms with Crippen LogP contribution >= 0.6 is 0 Å². The largest absolute Gasteiger partial charge is 0.508 e. The summed E-state index contributed by atoms with van der Waals surface area (Å²) in [5, 5.41) is 25.0. The zero-order chi connectivity index (χ0) is 31.5. The summed E-state index contributed by atoms with van der Waals surface area (Å²) in [4.78, 5) is 13.5. The Labute approximate surface area is 269 Å². The number of anilines is 2. The van der Waals surface area contributed by atoms with E-state index < -0.39 is 5.97 Å². The molecule has 7 nitrogen and oxygen atoms in total. The molecule has 3 aliphatic heterocycles. The zero-order valence-electron chi connectivity index (χ0n) is 26.3. The summed E-state index contributed by atoms with van der Waals surface area (Å²) in [5.74, 6) is 0.157. The van der Waals surface area contributed by atoms with Crippen molar-refractivity contribution in [3.63, 3.8) is 0 Å². The lowest BCUT2D eigenvalue weighted by molar-refractivity contribution is -0.136. The highest BCUT2D eigenvalue weighted by Crippen LogP contribution is 2.41. The molecule has 46 heavy (non-hydrogen) atoms. The number of rotatable bonds is 8. The lowest BCUT2D eigenvalue weighted by Gasteiger charge is -2.29. The number of phenols is 1. The number of nitrogens with zero attached hydrogens (tertiary/aromatic N) is 2. The van der Waals surface area contributed by atoms with Gasteiger partial charge < -0.3 is 24.8 Å². The molecular formula is C39H42N3O4+. The van der Waals surface area contributed by atoms with Crippen LogP contribution in [0.15, 0.2) is 83.3 Å². The van der Waals surface area contributed by atoms with Crippen LogP contribution in [0.5, 0.6) is 5.75 Å². The van der Waals surface area contributed by atoms with E-state index in [9.17, 15) is 9.90 Å². The van der Waals surface area contributed by atoms with Gasteiger partial charge in [0, 0.05) is 78.9 Å². The molecule has 0 saturated carbocycles. The van der Waals surface area contributed by atoms with Crippen LogP contribution in [0.4, 0.5) is 11.4 Å². The third kappa shape index (κ3) is 6.45. The van der Waals surface area contributed by atoms with Crippen LogP contribution in [-0.4, -0.2) is 42.4 Å². The van der Waals surface area contributed by atoms with E-state index in [0.717, 1.165) is 65.3 Å². The highest BCUT2D eigenvalue weighted by atomic mass is 16.4. The molecule has 7 heteroatoms. The normalized spacial score (nSPS) is 15.4. The van der Waals surface area contributed by atoms with Gasteiger partial charge in [0.1, 0.15) is 30.2 Å². The van der Waals surface area contributed by atoms with Crippen LogP contribution in [0, 0.1) is 0 Å². The number of benzene rings is 4. The Morgan fingerprint density at radius 1 is 0.848 bits per heavy atom. The van der Waals surface area contributed by atoms with Gasteiger partial charge in [-0.15, -0.1) is 0 Å². The summed E-state index contributed by atoms with van der Waals surface area (Å²) in [7, 11) is 0. The van der Waals surface area contributed by atoms with E-state index in [0.29, 0.717) is 12.1 Å². The Morgan fingerprint density at radius 3 is 2.41 bits per heavy atom. The van der Waals surface area contributed by atoms with Crippen LogP contribution < -0.4 is 20.1 Å². The summed E-state index contributed by atoms with van der Waals surface area (Å²) >= 11 is 0. The molecule has 3 heterocycles. The summed E-state index contributed by atoms with van der Waals surface area (Å²) in [6, 6.07) is 27.4. The van der Waals surface area contributed by atoms with Gasteiger partial charge in [0.05, 0.1) is 6.07 Å². The molecule has 0 atom stereocenters. The number of hydrogen-bond acceptors (Lipinski definition) is 5. The molecule has 2 saturated heterocycles. The maximum absolute atomic E-state index is 11.0. The van der Waals surface area contributed by atoms with Gasteiger partial charge in [-0.1, -0.05) is 24.3 Å². The van der Waals surface area contributed by atoms with Crippen molar-refractivity contribution in [2.75, 3.05) is 36.4 Å². The number of fused-ring (bicyclic) bond motifs is 2. The maximum atomic E-state index is 11.0. The lowest BCUT2D eigenvalue weighted by atomic mass is 9.93. The molecule has 3 aromatic rings. The Bertz CT molecular complexity index is 1900. The van der Waals surface area contributed by atoms with E-state index in [1.54, 1.807) is 6.07 Å². The van der Waals surface area contributed by atoms with Gasteiger partial charge in [0.25, 0.3) is 0 Å². The van der Waals surface area contributed by atoms with Crippen molar-refractivity contribution in [1.29, 1.82) is 0 Å². The van der Waals surface area contributed by atoms with Gasteiger partial charge in [-0.05, 0) is 85.2 Å². The number of hydrogen-bond donors (Lipinski definition) is 3. The van der Waals surface area contributed by atoms with Gasteiger partial charge in [-0.2, -0.15) is 0 Å². The van der Waals surface area contributed by atoms with Gasteiger partial charge in [0.2, 0.25) is 5.36 Å². The molecule has 0 spiro atoms. The first-order chi connectivity index (χ1) is 22.5. The first-order valence-electron chi connectivity index (χ1n) is 16.7. The molecule has 4 aliphatic rings. The number of carboxylic acid groups (broad SMARTS) is 1. The van der Waals surface area contributed by atoms with Crippen molar-refractivity contribution >= 4 is 28.3 Å². The fourth-order valence-electron chi connectivity index (χ4n) is 7.01. The Morgan fingerprint density at radius 2 is 1.63 bits per heavy atom. The smallest absolute Gasteiger partial charge is 0.303 e. The minimum absolute atomic E-state index is 0.0201. The van der Waals surface area contributed by atoms with Gasteiger partial charge in [-0.25, -0.2) is 4.58 Å². The molecule has 0 aromatic heterocycles. The number of carboxylic acids is 1. The molecule has 0 amide bonds. The lowest BCUT2D eigenvalue weighted by Crippen LogP contribution is -2.34. The van der Waals surface area contributed by atoms with Crippen LogP contribution in [0.1, 0.15) is 56.1 Å².